The van der Waals surface area contributed by atoms with Crippen molar-refractivity contribution in [2.24, 2.45) is 5.73 Å². The van der Waals surface area contributed by atoms with Crippen LogP contribution in [0.3, 0.4) is 0 Å². The van der Waals surface area contributed by atoms with Gasteiger partial charge < -0.3 is 26.0 Å². The molecule has 7 heteroatoms. The number of aromatic hydroxyl groups is 1. The maximum absolute atomic E-state index is 11.7. The molecule has 0 fully saturated rings. The van der Waals surface area contributed by atoms with Crippen LogP contribution in [0.15, 0.2) is 48.5 Å². The van der Waals surface area contributed by atoms with Gasteiger partial charge in [-0.3, -0.25) is 9.59 Å². The van der Waals surface area contributed by atoms with Crippen LogP contribution in [0.25, 0.3) is 0 Å². The molecule has 0 saturated heterocycles. The summed E-state index contributed by atoms with van der Waals surface area (Å²) < 4.78 is 5.16. The molecule has 2 aromatic rings. The van der Waals surface area contributed by atoms with Crippen LogP contribution >= 0.6 is 0 Å². The number of benzene rings is 2. The molecule has 132 valence electrons. The Morgan fingerprint density at radius 1 is 1.04 bits per heavy atom. The summed E-state index contributed by atoms with van der Waals surface area (Å²) in [4.78, 5) is 22.5. The van der Waals surface area contributed by atoms with Gasteiger partial charge in [-0.25, -0.2) is 0 Å². The maximum atomic E-state index is 11.7. The summed E-state index contributed by atoms with van der Waals surface area (Å²) >= 11 is 0. The van der Waals surface area contributed by atoms with E-state index in [1.54, 1.807) is 36.4 Å². The first-order valence-electron chi connectivity index (χ1n) is 7.69. The van der Waals surface area contributed by atoms with Crippen molar-refractivity contribution < 1.29 is 24.5 Å². The van der Waals surface area contributed by atoms with Crippen molar-refractivity contribution in [2.45, 2.75) is 19.1 Å². The van der Waals surface area contributed by atoms with Crippen molar-refractivity contribution in [3.05, 3.63) is 59.7 Å². The van der Waals surface area contributed by atoms with Gasteiger partial charge in [0.25, 0.3) is 0 Å². The molecule has 0 aliphatic carbocycles. The Labute approximate surface area is 145 Å². The second-order valence-electron chi connectivity index (χ2n) is 5.53. The first kappa shape index (κ1) is 18.3. The Morgan fingerprint density at radius 2 is 1.64 bits per heavy atom. The number of hydrogen-bond donors (Lipinski definition) is 4. The highest BCUT2D eigenvalue weighted by Gasteiger charge is 2.12. The molecule has 0 aliphatic heterocycles. The van der Waals surface area contributed by atoms with Crippen LogP contribution in [0.1, 0.15) is 11.1 Å². The number of nitrogens with one attached hydrogen (secondary N) is 1. The quantitative estimate of drug-likeness (QED) is 0.423. The second kappa shape index (κ2) is 8.70. The Bertz CT molecular complexity index is 713. The zero-order valence-corrected chi connectivity index (χ0v) is 13.5. The van der Waals surface area contributed by atoms with Gasteiger partial charge >= 0.3 is 11.9 Å². The van der Waals surface area contributed by atoms with E-state index >= 15 is 0 Å². The largest absolute Gasteiger partial charge is 0.508 e. The van der Waals surface area contributed by atoms with E-state index in [0.29, 0.717) is 5.69 Å². The Balaban J connectivity index is 1.75. The number of ether oxygens (including phenoxy) is 1. The fourth-order valence-electron chi connectivity index (χ4n) is 2.08. The third kappa shape index (κ3) is 6.15. The summed E-state index contributed by atoms with van der Waals surface area (Å²) in [5.41, 5.74) is 7.79. The smallest absolute Gasteiger partial charge is 0.325 e. The molecule has 2 aromatic carbocycles. The summed E-state index contributed by atoms with van der Waals surface area (Å²) in [7, 11) is 0. The average Bonchev–Trinajstić information content (AvgIpc) is 2.60. The SMILES string of the molecule is N[C@@H](Cc1ccc(COC(=O)CNc2ccc(O)cc2)cc1)C(=O)O. The number of nitrogens with two attached hydrogens (primary N) is 1. The number of esters is 1. The number of carboxylic acid groups (broad SMARTS) is 1. The minimum absolute atomic E-state index is 0.0102. The number of rotatable bonds is 8. The van der Waals surface area contributed by atoms with Crippen LogP contribution in [0.2, 0.25) is 0 Å². The molecule has 0 radical (unpaired) electrons. The molecular formula is C18H20N2O5. The summed E-state index contributed by atoms with van der Waals surface area (Å²) in [5.74, 6) is -1.30. The Morgan fingerprint density at radius 3 is 2.24 bits per heavy atom. The van der Waals surface area contributed by atoms with Gasteiger partial charge in [0.2, 0.25) is 0 Å². The molecule has 0 unspecified atom stereocenters. The van der Waals surface area contributed by atoms with E-state index in [1.807, 2.05) is 0 Å². The first-order chi connectivity index (χ1) is 11.9. The van der Waals surface area contributed by atoms with Crippen LogP contribution in [-0.2, 0) is 27.4 Å². The van der Waals surface area contributed by atoms with E-state index in [0.717, 1.165) is 11.1 Å². The molecule has 0 aliphatic rings. The molecule has 5 N–H and O–H groups in total. The fourth-order valence-corrected chi connectivity index (χ4v) is 2.08. The Hall–Kier alpha value is -3.06. The van der Waals surface area contributed by atoms with Crippen LogP contribution in [0, 0.1) is 0 Å². The van der Waals surface area contributed by atoms with Crippen LogP contribution in [0.4, 0.5) is 5.69 Å². The van der Waals surface area contributed by atoms with Crippen molar-refractivity contribution in [2.75, 3.05) is 11.9 Å². The third-order valence-corrected chi connectivity index (χ3v) is 3.50. The van der Waals surface area contributed by atoms with E-state index < -0.39 is 18.0 Å². The van der Waals surface area contributed by atoms with E-state index in [2.05, 4.69) is 5.32 Å². The number of carbonyl (C=O) groups excluding carboxylic acids is 1. The summed E-state index contributed by atoms with van der Waals surface area (Å²) in [6.07, 6.45) is 0.242. The summed E-state index contributed by atoms with van der Waals surface area (Å²) in [6, 6.07) is 12.5. The molecule has 0 amide bonds. The third-order valence-electron chi connectivity index (χ3n) is 3.50. The average molecular weight is 344 g/mol. The molecule has 0 bridgehead atoms. The van der Waals surface area contributed by atoms with Gasteiger partial charge in [-0.2, -0.15) is 0 Å². The van der Waals surface area contributed by atoms with Crippen molar-refractivity contribution >= 4 is 17.6 Å². The monoisotopic (exact) mass is 344 g/mol. The number of carboxylic acids is 1. The molecular weight excluding hydrogens is 324 g/mol. The zero-order chi connectivity index (χ0) is 18.2. The second-order valence-corrected chi connectivity index (χ2v) is 5.53. The van der Waals surface area contributed by atoms with Crippen molar-refractivity contribution in [3.8, 4) is 5.75 Å². The zero-order valence-electron chi connectivity index (χ0n) is 13.5. The lowest BCUT2D eigenvalue weighted by molar-refractivity contribution is -0.142. The fraction of sp³-hybridized carbons (Fsp3) is 0.222. The standard InChI is InChI=1S/C18H20N2O5/c19-16(18(23)24)9-12-1-3-13(4-2-12)11-25-17(22)10-20-14-5-7-15(21)8-6-14/h1-8,16,20-21H,9-11,19H2,(H,23,24)/t16-/m0/s1. The first-order valence-corrected chi connectivity index (χ1v) is 7.69. The van der Waals surface area contributed by atoms with Gasteiger partial charge in [0.05, 0.1) is 0 Å². The van der Waals surface area contributed by atoms with Gasteiger partial charge in [0, 0.05) is 5.69 Å². The van der Waals surface area contributed by atoms with E-state index in [4.69, 9.17) is 15.6 Å². The number of phenols is 1. The van der Waals surface area contributed by atoms with Gasteiger partial charge in [0.1, 0.15) is 24.9 Å². The molecule has 0 spiro atoms. The predicted octanol–water partition coefficient (Wildman–Crippen LogP) is 1.50. The minimum Gasteiger partial charge on any atom is -0.508 e. The van der Waals surface area contributed by atoms with Crippen molar-refractivity contribution in [1.82, 2.24) is 0 Å². The number of hydrogen-bond acceptors (Lipinski definition) is 6. The number of phenolic OH excluding ortho intramolecular Hbond substituents is 1. The van der Waals surface area contributed by atoms with Crippen molar-refractivity contribution in [3.63, 3.8) is 0 Å². The van der Waals surface area contributed by atoms with Crippen LogP contribution < -0.4 is 11.1 Å². The van der Waals surface area contributed by atoms with Crippen LogP contribution in [-0.4, -0.2) is 34.7 Å². The summed E-state index contributed by atoms with van der Waals surface area (Å²) in [5, 5.41) is 20.9. The lowest BCUT2D eigenvalue weighted by atomic mass is 10.1. The van der Waals surface area contributed by atoms with E-state index in [-0.39, 0.29) is 25.3 Å². The molecule has 7 nitrogen and oxygen atoms in total. The highest BCUT2D eigenvalue weighted by Crippen LogP contribution is 2.13. The van der Waals surface area contributed by atoms with Crippen molar-refractivity contribution in [1.29, 1.82) is 0 Å². The minimum atomic E-state index is -1.04. The lowest BCUT2D eigenvalue weighted by Crippen LogP contribution is -2.32. The molecule has 2 rings (SSSR count). The van der Waals surface area contributed by atoms with Crippen LogP contribution in [0.5, 0.6) is 5.75 Å². The molecule has 0 aromatic heterocycles. The summed E-state index contributed by atoms with van der Waals surface area (Å²) in [6.45, 7) is 0.137. The maximum Gasteiger partial charge on any atom is 0.325 e. The molecule has 1 atom stereocenters. The normalized spacial score (nSPS) is 11.6. The lowest BCUT2D eigenvalue weighted by Gasteiger charge is -2.09. The van der Waals surface area contributed by atoms with Gasteiger partial charge in [-0.15, -0.1) is 0 Å². The molecule has 0 saturated carbocycles. The van der Waals surface area contributed by atoms with Gasteiger partial charge in [0.15, 0.2) is 0 Å². The number of carbonyl (C=O) groups is 2. The molecule has 0 heterocycles. The van der Waals surface area contributed by atoms with E-state index in [1.165, 1.54) is 12.1 Å². The highest BCUT2D eigenvalue weighted by molar-refractivity contribution is 5.75. The van der Waals surface area contributed by atoms with Gasteiger partial charge in [-0.05, 0) is 41.8 Å². The highest BCUT2D eigenvalue weighted by atomic mass is 16.5. The topological polar surface area (TPSA) is 122 Å². The Kier molecular flexibility index (Phi) is 6.36. The predicted molar refractivity (Wildman–Crippen MR) is 92.1 cm³/mol. The van der Waals surface area contributed by atoms with Gasteiger partial charge in [-0.1, -0.05) is 24.3 Å². The van der Waals surface area contributed by atoms with E-state index in [9.17, 15) is 14.7 Å². The number of anilines is 1. The number of aliphatic carboxylic acids is 1. The molecule has 25 heavy (non-hydrogen) atoms.